The van der Waals surface area contributed by atoms with Gasteiger partial charge in [0, 0.05) is 0 Å². The molecule has 0 bridgehead atoms. The minimum atomic E-state index is -0.703. The average molecular weight is 192 g/mol. The van der Waals surface area contributed by atoms with Crippen LogP contribution < -0.4 is 0 Å². The van der Waals surface area contributed by atoms with Crippen LogP contribution in [-0.2, 0) is 11.2 Å². The van der Waals surface area contributed by atoms with Gasteiger partial charge in [0.1, 0.15) is 5.75 Å². The minimum Gasteiger partial charge on any atom is -0.508 e. The van der Waals surface area contributed by atoms with E-state index in [4.69, 9.17) is 10.2 Å². The molecule has 1 saturated carbocycles. The van der Waals surface area contributed by atoms with Crippen molar-refractivity contribution < 1.29 is 15.0 Å². The Kier molecular flexibility index (Phi) is 1.95. The Hall–Kier alpha value is -1.51. The average Bonchev–Trinajstić information content (AvgIpc) is 2.90. The maximum Gasteiger partial charge on any atom is 0.309 e. The molecule has 1 aromatic rings. The lowest BCUT2D eigenvalue weighted by Crippen LogP contribution is -2.17. The van der Waals surface area contributed by atoms with E-state index in [9.17, 15) is 4.79 Å². The fourth-order valence-corrected chi connectivity index (χ4v) is 1.62. The maximum atomic E-state index is 10.9. The number of carboxylic acids is 1. The zero-order valence-corrected chi connectivity index (χ0v) is 7.73. The molecular weight excluding hydrogens is 180 g/mol. The smallest absolute Gasteiger partial charge is 0.309 e. The molecule has 0 radical (unpaired) electrons. The molecule has 0 amide bonds. The molecule has 0 saturated heterocycles. The summed E-state index contributed by atoms with van der Waals surface area (Å²) in [6.45, 7) is 0. The van der Waals surface area contributed by atoms with Crippen molar-refractivity contribution in [1.82, 2.24) is 0 Å². The lowest BCUT2D eigenvalue weighted by Gasteiger charge is -2.08. The molecule has 1 aliphatic rings. The summed E-state index contributed by atoms with van der Waals surface area (Å²) < 4.78 is 0. The molecule has 2 rings (SSSR count). The van der Waals surface area contributed by atoms with Crippen LogP contribution >= 0.6 is 0 Å². The van der Waals surface area contributed by atoms with Gasteiger partial charge >= 0.3 is 5.97 Å². The van der Waals surface area contributed by atoms with Crippen molar-refractivity contribution in [2.45, 2.75) is 19.3 Å². The van der Waals surface area contributed by atoms with Crippen molar-refractivity contribution in [2.75, 3.05) is 0 Å². The Bertz CT molecular complexity index is 349. The van der Waals surface area contributed by atoms with Gasteiger partial charge in [0.15, 0.2) is 0 Å². The van der Waals surface area contributed by atoms with Crippen molar-refractivity contribution in [3.8, 4) is 5.75 Å². The van der Waals surface area contributed by atoms with Crippen LogP contribution in [0.1, 0.15) is 18.4 Å². The molecule has 1 aromatic carbocycles. The van der Waals surface area contributed by atoms with E-state index in [0.717, 1.165) is 18.4 Å². The van der Waals surface area contributed by atoms with Crippen molar-refractivity contribution in [3.05, 3.63) is 29.8 Å². The molecule has 1 aliphatic carbocycles. The number of phenols is 1. The Labute approximate surface area is 82.0 Å². The van der Waals surface area contributed by atoms with E-state index in [2.05, 4.69) is 0 Å². The number of carbonyl (C=O) groups is 1. The highest BCUT2D eigenvalue weighted by atomic mass is 16.4. The summed E-state index contributed by atoms with van der Waals surface area (Å²) in [5.74, 6) is -0.487. The second-order valence-corrected chi connectivity index (χ2v) is 3.93. The molecular formula is C11H12O3. The number of aliphatic carboxylic acids is 1. The predicted octanol–water partition coefficient (Wildman–Crippen LogP) is 1.80. The Morgan fingerprint density at radius 3 is 2.29 bits per heavy atom. The largest absolute Gasteiger partial charge is 0.508 e. The van der Waals surface area contributed by atoms with Crippen molar-refractivity contribution in [3.63, 3.8) is 0 Å². The van der Waals surface area contributed by atoms with Crippen LogP contribution in [0.5, 0.6) is 5.75 Å². The first-order chi connectivity index (χ1) is 6.62. The van der Waals surface area contributed by atoms with Crippen LogP contribution in [0.15, 0.2) is 24.3 Å². The van der Waals surface area contributed by atoms with E-state index in [0.29, 0.717) is 6.42 Å². The van der Waals surface area contributed by atoms with Gasteiger partial charge in [0.2, 0.25) is 0 Å². The molecule has 1 fully saturated rings. The van der Waals surface area contributed by atoms with Crippen LogP contribution in [0, 0.1) is 5.41 Å². The van der Waals surface area contributed by atoms with E-state index in [1.54, 1.807) is 24.3 Å². The summed E-state index contributed by atoms with van der Waals surface area (Å²) in [7, 11) is 0. The molecule has 74 valence electrons. The number of phenolic OH excluding ortho intramolecular Hbond substituents is 1. The lowest BCUT2D eigenvalue weighted by atomic mass is 9.97. The third-order valence-electron chi connectivity index (χ3n) is 2.79. The zero-order chi connectivity index (χ0) is 10.2. The molecule has 0 unspecified atom stereocenters. The molecule has 0 aromatic heterocycles. The summed E-state index contributed by atoms with van der Waals surface area (Å²) >= 11 is 0. The minimum absolute atomic E-state index is 0.217. The molecule has 2 N–H and O–H groups in total. The van der Waals surface area contributed by atoms with E-state index in [1.807, 2.05) is 0 Å². The van der Waals surface area contributed by atoms with E-state index >= 15 is 0 Å². The number of benzene rings is 1. The van der Waals surface area contributed by atoms with E-state index in [1.165, 1.54) is 0 Å². The topological polar surface area (TPSA) is 57.5 Å². The number of aromatic hydroxyl groups is 1. The fraction of sp³-hybridized carbons (Fsp3) is 0.364. The predicted molar refractivity (Wildman–Crippen MR) is 51.1 cm³/mol. The van der Waals surface area contributed by atoms with E-state index < -0.39 is 11.4 Å². The number of carboxylic acid groups (broad SMARTS) is 1. The monoisotopic (exact) mass is 192 g/mol. The van der Waals surface area contributed by atoms with Crippen LogP contribution in [0.2, 0.25) is 0 Å². The highest BCUT2D eigenvalue weighted by molar-refractivity contribution is 5.78. The normalized spacial score (nSPS) is 17.7. The summed E-state index contributed by atoms with van der Waals surface area (Å²) in [5, 5.41) is 18.0. The van der Waals surface area contributed by atoms with Crippen molar-refractivity contribution in [2.24, 2.45) is 5.41 Å². The molecule has 14 heavy (non-hydrogen) atoms. The number of hydrogen-bond donors (Lipinski definition) is 2. The Balaban J connectivity index is 2.11. The first-order valence-electron chi connectivity index (χ1n) is 4.64. The van der Waals surface area contributed by atoms with Gasteiger partial charge in [0.25, 0.3) is 0 Å². The first kappa shape index (κ1) is 9.06. The molecule has 0 atom stereocenters. The summed E-state index contributed by atoms with van der Waals surface area (Å²) in [5.41, 5.74) is 0.458. The maximum absolute atomic E-state index is 10.9. The highest BCUT2D eigenvalue weighted by Gasteiger charge is 2.49. The van der Waals surface area contributed by atoms with Crippen LogP contribution in [0.25, 0.3) is 0 Å². The summed E-state index contributed by atoms with van der Waals surface area (Å²) in [6.07, 6.45) is 2.11. The summed E-state index contributed by atoms with van der Waals surface area (Å²) in [6, 6.07) is 6.73. The Morgan fingerprint density at radius 1 is 1.29 bits per heavy atom. The van der Waals surface area contributed by atoms with Crippen LogP contribution in [0.3, 0.4) is 0 Å². The molecule has 0 spiro atoms. The van der Waals surface area contributed by atoms with Gasteiger partial charge in [-0.3, -0.25) is 4.79 Å². The molecule has 0 heterocycles. The number of hydrogen-bond acceptors (Lipinski definition) is 2. The fourth-order valence-electron chi connectivity index (χ4n) is 1.62. The molecule has 3 nitrogen and oxygen atoms in total. The van der Waals surface area contributed by atoms with Gasteiger partial charge < -0.3 is 10.2 Å². The van der Waals surface area contributed by atoms with Gasteiger partial charge in [-0.2, -0.15) is 0 Å². The first-order valence-corrected chi connectivity index (χ1v) is 4.64. The van der Waals surface area contributed by atoms with Crippen LogP contribution in [-0.4, -0.2) is 16.2 Å². The van der Waals surface area contributed by atoms with Gasteiger partial charge in [-0.15, -0.1) is 0 Å². The van der Waals surface area contributed by atoms with Gasteiger partial charge in [-0.1, -0.05) is 12.1 Å². The number of rotatable bonds is 3. The highest BCUT2D eigenvalue weighted by Crippen LogP contribution is 2.48. The second-order valence-electron chi connectivity index (χ2n) is 3.93. The molecule has 3 heteroatoms. The Morgan fingerprint density at radius 2 is 1.86 bits per heavy atom. The molecule has 0 aliphatic heterocycles. The van der Waals surface area contributed by atoms with Crippen LogP contribution in [0.4, 0.5) is 0 Å². The third-order valence-corrected chi connectivity index (χ3v) is 2.79. The van der Waals surface area contributed by atoms with Crippen molar-refractivity contribution >= 4 is 5.97 Å². The summed E-state index contributed by atoms with van der Waals surface area (Å²) in [4.78, 5) is 10.9. The third kappa shape index (κ3) is 1.58. The SMILES string of the molecule is O=C(O)C1(Cc2ccc(O)cc2)CC1. The lowest BCUT2D eigenvalue weighted by molar-refractivity contribution is -0.143. The van der Waals surface area contributed by atoms with Gasteiger partial charge in [-0.05, 0) is 37.0 Å². The van der Waals surface area contributed by atoms with Gasteiger partial charge in [-0.25, -0.2) is 0 Å². The zero-order valence-electron chi connectivity index (χ0n) is 7.73. The second kappa shape index (κ2) is 3.01. The van der Waals surface area contributed by atoms with Gasteiger partial charge in [0.05, 0.1) is 5.41 Å². The quantitative estimate of drug-likeness (QED) is 0.767. The van der Waals surface area contributed by atoms with Crippen molar-refractivity contribution in [1.29, 1.82) is 0 Å². The standard InChI is InChI=1S/C11H12O3/c12-9-3-1-8(2-4-9)7-11(5-6-11)10(13)14/h1-4,12H,5-7H2,(H,13,14). The van der Waals surface area contributed by atoms with E-state index in [-0.39, 0.29) is 5.75 Å².